The minimum Gasteiger partial charge on any atom is -0.490 e. The van der Waals surface area contributed by atoms with Crippen molar-refractivity contribution in [3.63, 3.8) is 0 Å². The second kappa shape index (κ2) is 7.64. The third-order valence-electron chi connectivity index (χ3n) is 3.23. The molecular weight excluding hydrogens is 268 g/mol. The molecule has 21 heavy (non-hydrogen) atoms. The van der Waals surface area contributed by atoms with E-state index in [1.807, 2.05) is 24.3 Å². The van der Waals surface area contributed by atoms with Crippen LogP contribution in [-0.4, -0.2) is 30.9 Å². The zero-order valence-electron chi connectivity index (χ0n) is 12.2. The first-order chi connectivity index (χ1) is 10.2. The van der Waals surface area contributed by atoms with E-state index >= 15 is 0 Å². The predicted molar refractivity (Wildman–Crippen MR) is 82.1 cm³/mol. The van der Waals surface area contributed by atoms with Crippen LogP contribution in [0.1, 0.15) is 30.1 Å². The largest absolute Gasteiger partial charge is 0.490 e. The average Bonchev–Trinajstić information content (AvgIpc) is 2.50. The Labute approximate surface area is 124 Å². The highest BCUT2D eigenvalue weighted by Crippen LogP contribution is 2.29. The van der Waals surface area contributed by atoms with Crippen LogP contribution in [0.4, 0.5) is 0 Å². The Kier molecular flexibility index (Phi) is 5.58. The van der Waals surface area contributed by atoms with Gasteiger partial charge in [-0.2, -0.15) is 0 Å². The maximum Gasteiger partial charge on any atom is 0.339 e. The van der Waals surface area contributed by atoms with E-state index in [2.05, 4.69) is 6.92 Å². The van der Waals surface area contributed by atoms with E-state index in [1.165, 1.54) is 0 Å². The lowest BCUT2D eigenvalue weighted by Gasteiger charge is -2.12. The number of carboxylic acid groups (broad SMARTS) is 1. The second-order valence-electron chi connectivity index (χ2n) is 4.78. The maximum absolute atomic E-state index is 11.3. The van der Waals surface area contributed by atoms with Crippen molar-refractivity contribution in [2.45, 2.75) is 19.8 Å². The molecule has 2 rings (SSSR count). The average molecular weight is 288 g/mol. The summed E-state index contributed by atoms with van der Waals surface area (Å²) in [5.74, 6) is -0.567. The minimum absolute atomic E-state index is 0.183. The van der Waals surface area contributed by atoms with E-state index in [9.17, 15) is 9.90 Å². The molecular formula is C17H20O4. The van der Waals surface area contributed by atoms with Crippen molar-refractivity contribution in [2.24, 2.45) is 0 Å². The van der Waals surface area contributed by atoms with E-state index in [-0.39, 0.29) is 5.56 Å². The number of fused-ring (bicyclic) bond motifs is 1. The summed E-state index contributed by atoms with van der Waals surface area (Å²) in [6.45, 7) is 3.62. The highest BCUT2D eigenvalue weighted by atomic mass is 16.5. The second-order valence-corrected chi connectivity index (χ2v) is 4.78. The molecule has 112 valence electrons. The Balaban J connectivity index is 2.12. The molecule has 2 aromatic carbocycles. The molecule has 0 aliphatic heterocycles. The molecule has 4 nitrogen and oxygen atoms in total. The van der Waals surface area contributed by atoms with Gasteiger partial charge < -0.3 is 14.6 Å². The molecule has 0 atom stereocenters. The molecule has 4 heteroatoms. The zero-order chi connectivity index (χ0) is 15.1. The molecule has 0 aliphatic rings. The van der Waals surface area contributed by atoms with Crippen molar-refractivity contribution in [3.8, 4) is 5.75 Å². The van der Waals surface area contributed by atoms with Crippen LogP contribution in [0.2, 0.25) is 0 Å². The number of carboxylic acids is 1. The smallest absolute Gasteiger partial charge is 0.339 e. The van der Waals surface area contributed by atoms with Gasteiger partial charge in [-0.05, 0) is 17.9 Å². The Morgan fingerprint density at radius 2 is 1.90 bits per heavy atom. The van der Waals surface area contributed by atoms with Crippen molar-refractivity contribution >= 4 is 16.7 Å². The lowest BCUT2D eigenvalue weighted by Crippen LogP contribution is -2.10. The van der Waals surface area contributed by atoms with Crippen LogP contribution >= 0.6 is 0 Å². The van der Waals surface area contributed by atoms with Gasteiger partial charge in [-0.25, -0.2) is 4.79 Å². The van der Waals surface area contributed by atoms with Crippen LogP contribution in [0.5, 0.6) is 5.75 Å². The van der Waals surface area contributed by atoms with Crippen LogP contribution in [0, 0.1) is 0 Å². The summed E-state index contributed by atoms with van der Waals surface area (Å²) in [4.78, 5) is 11.3. The quantitative estimate of drug-likeness (QED) is 0.752. The lowest BCUT2D eigenvalue weighted by molar-refractivity contribution is 0.0685. The first-order valence-electron chi connectivity index (χ1n) is 7.19. The number of ether oxygens (including phenoxy) is 2. The van der Waals surface area contributed by atoms with Gasteiger partial charge in [-0.15, -0.1) is 0 Å². The summed E-state index contributed by atoms with van der Waals surface area (Å²) in [7, 11) is 0. The van der Waals surface area contributed by atoms with Crippen LogP contribution in [0.25, 0.3) is 10.8 Å². The topological polar surface area (TPSA) is 55.8 Å². The van der Waals surface area contributed by atoms with Gasteiger partial charge in [0, 0.05) is 12.0 Å². The van der Waals surface area contributed by atoms with Gasteiger partial charge in [-0.1, -0.05) is 43.7 Å². The fraction of sp³-hybridized carbons (Fsp3) is 0.353. The zero-order valence-corrected chi connectivity index (χ0v) is 12.2. The molecule has 0 radical (unpaired) electrons. The van der Waals surface area contributed by atoms with E-state index in [0.29, 0.717) is 25.6 Å². The van der Waals surface area contributed by atoms with Crippen molar-refractivity contribution in [3.05, 3.63) is 42.0 Å². The molecule has 1 N–H and O–H groups in total. The summed E-state index contributed by atoms with van der Waals surface area (Å²) in [6, 6.07) is 11.0. The number of hydrogen-bond acceptors (Lipinski definition) is 3. The van der Waals surface area contributed by atoms with Crippen molar-refractivity contribution in [1.29, 1.82) is 0 Å². The Morgan fingerprint density at radius 1 is 1.10 bits per heavy atom. The normalized spacial score (nSPS) is 10.7. The Morgan fingerprint density at radius 3 is 2.67 bits per heavy atom. The van der Waals surface area contributed by atoms with Gasteiger partial charge in [0.05, 0.1) is 6.61 Å². The lowest BCUT2D eigenvalue weighted by atomic mass is 10.1. The van der Waals surface area contributed by atoms with E-state index in [1.54, 1.807) is 12.1 Å². The molecule has 0 aliphatic carbocycles. The molecule has 0 bridgehead atoms. The van der Waals surface area contributed by atoms with Gasteiger partial charge in [0.2, 0.25) is 0 Å². The number of rotatable bonds is 8. The first kappa shape index (κ1) is 15.3. The third-order valence-corrected chi connectivity index (χ3v) is 3.23. The minimum atomic E-state index is -0.984. The summed E-state index contributed by atoms with van der Waals surface area (Å²) < 4.78 is 11.1. The van der Waals surface area contributed by atoms with Gasteiger partial charge >= 0.3 is 5.97 Å². The summed E-state index contributed by atoms with van der Waals surface area (Å²) >= 11 is 0. The molecule has 0 aromatic heterocycles. The fourth-order valence-electron chi connectivity index (χ4n) is 2.12. The maximum atomic E-state index is 11.3. The van der Waals surface area contributed by atoms with Crippen LogP contribution in [0.3, 0.4) is 0 Å². The van der Waals surface area contributed by atoms with E-state index in [0.717, 1.165) is 23.6 Å². The molecule has 0 saturated carbocycles. The molecule has 0 unspecified atom stereocenters. The van der Waals surface area contributed by atoms with Gasteiger partial charge in [-0.3, -0.25) is 0 Å². The third kappa shape index (κ3) is 3.95. The SMILES string of the molecule is CCCCOCCOc1c(C(=O)O)ccc2ccccc12. The number of aromatic carboxylic acids is 1. The van der Waals surface area contributed by atoms with Crippen LogP contribution in [-0.2, 0) is 4.74 Å². The monoisotopic (exact) mass is 288 g/mol. The summed E-state index contributed by atoms with van der Waals surface area (Å²) in [5, 5.41) is 11.1. The molecule has 0 fully saturated rings. The van der Waals surface area contributed by atoms with Gasteiger partial charge in [0.15, 0.2) is 0 Å². The molecule has 2 aromatic rings. The molecule has 0 spiro atoms. The van der Waals surface area contributed by atoms with E-state index < -0.39 is 5.97 Å². The van der Waals surface area contributed by atoms with E-state index in [4.69, 9.17) is 9.47 Å². The summed E-state index contributed by atoms with van der Waals surface area (Å²) in [6.07, 6.45) is 2.11. The molecule has 0 amide bonds. The number of benzene rings is 2. The summed E-state index contributed by atoms with van der Waals surface area (Å²) in [5.41, 5.74) is 0.183. The number of unbranched alkanes of at least 4 members (excludes halogenated alkanes) is 1. The fourth-order valence-corrected chi connectivity index (χ4v) is 2.12. The van der Waals surface area contributed by atoms with Crippen LogP contribution < -0.4 is 4.74 Å². The van der Waals surface area contributed by atoms with Crippen molar-refractivity contribution in [1.82, 2.24) is 0 Å². The molecule has 0 heterocycles. The predicted octanol–water partition coefficient (Wildman–Crippen LogP) is 3.73. The standard InChI is InChI=1S/C17H20O4/c1-2-3-10-20-11-12-21-16-14-7-5-4-6-13(14)8-9-15(16)17(18)19/h4-9H,2-3,10-12H2,1H3,(H,18,19). The highest BCUT2D eigenvalue weighted by molar-refractivity contribution is 6.00. The van der Waals surface area contributed by atoms with Gasteiger partial charge in [0.1, 0.15) is 17.9 Å². The highest BCUT2D eigenvalue weighted by Gasteiger charge is 2.14. The Hall–Kier alpha value is -2.07. The van der Waals surface area contributed by atoms with Crippen molar-refractivity contribution < 1.29 is 19.4 Å². The van der Waals surface area contributed by atoms with Gasteiger partial charge in [0.25, 0.3) is 0 Å². The number of carbonyl (C=O) groups is 1. The Bertz CT molecular complexity index is 607. The van der Waals surface area contributed by atoms with Crippen molar-refractivity contribution in [2.75, 3.05) is 19.8 Å². The first-order valence-corrected chi connectivity index (χ1v) is 7.19. The molecule has 0 saturated heterocycles. The number of hydrogen-bond donors (Lipinski definition) is 1. The van der Waals surface area contributed by atoms with Crippen LogP contribution in [0.15, 0.2) is 36.4 Å².